The van der Waals surface area contributed by atoms with Crippen molar-refractivity contribution in [2.45, 2.75) is 52.4 Å². The van der Waals surface area contributed by atoms with Crippen LogP contribution in [0.4, 0.5) is 0 Å². The number of hydrogen-bond donors (Lipinski definition) is 1. The molecule has 0 spiro atoms. The fraction of sp³-hybridized carbons (Fsp3) is 0.684. The molecule has 0 saturated heterocycles. The van der Waals surface area contributed by atoms with Crippen LogP contribution in [0.25, 0.3) is 0 Å². The number of ether oxygens (including phenoxy) is 1. The average molecular weight is 289 g/mol. The molecule has 0 amide bonds. The molecule has 0 bridgehead atoms. The Bertz CT molecular complexity index is 399. The van der Waals surface area contributed by atoms with Gasteiger partial charge in [0.25, 0.3) is 0 Å². The molecule has 1 saturated carbocycles. The van der Waals surface area contributed by atoms with Crippen molar-refractivity contribution >= 4 is 0 Å². The zero-order chi connectivity index (χ0) is 15.1. The Balaban J connectivity index is 2.04. The highest BCUT2D eigenvalue weighted by molar-refractivity contribution is 5.30. The number of nitrogens with one attached hydrogen (secondary N) is 1. The molecule has 0 heterocycles. The summed E-state index contributed by atoms with van der Waals surface area (Å²) < 4.78 is 5.70. The minimum atomic E-state index is 0.702. The van der Waals surface area contributed by atoms with Crippen LogP contribution in [-0.4, -0.2) is 19.7 Å². The summed E-state index contributed by atoms with van der Waals surface area (Å²) in [7, 11) is 0. The number of benzene rings is 1. The van der Waals surface area contributed by atoms with Crippen LogP contribution in [0.2, 0.25) is 0 Å². The Morgan fingerprint density at radius 3 is 2.57 bits per heavy atom. The monoisotopic (exact) mass is 289 g/mol. The van der Waals surface area contributed by atoms with Crippen molar-refractivity contribution in [3.05, 3.63) is 29.8 Å². The summed E-state index contributed by atoms with van der Waals surface area (Å²) in [6, 6.07) is 8.86. The van der Waals surface area contributed by atoms with Crippen molar-refractivity contribution in [2.24, 2.45) is 11.8 Å². The van der Waals surface area contributed by atoms with Crippen molar-refractivity contribution < 1.29 is 4.74 Å². The largest absolute Gasteiger partial charge is 0.494 e. The highest BCUT2D eigenvalue weighted by atomic mass is 16.5. The minimum absolute atomic E-state index is 0.702. The standard InChI is InChI=1S/C19H31NO/c1-4-12-21-18-10-8-16(9-11-18)19-13-15(3)6-7-17(19)14-20-5-2/h8-11,15,17,19-20H,4-7,12-14H2,1-3H3. The Morgan fingerprint density at radius 2 is 1.90 bits per heavy atom. The van der Waals surface area contributed by atoms with Crippen LogP contribution in [0.5, 0.6) is 5.75 Å². The molecule has 21 heavy (non-hydrogen) atoms. The maximum atomic E-state index is 5.70. The molecule has 0 aromatic heterocycles. The van der Waals surface area contributed by atoms with Crippen LogP contribution in [0, 0.1) is 11.8 Å². The lowest BCUT2D eigenvalue weighted by atomic mass is 9.71. The second-order valence-electron chi connectivity index (χ2n) is 6.51. The summed E-state index contributed by atoms with van der Waals surface area (Å²) in [5.41, 5.74) is 1.49. The van der Waals surface area contributed by atoms with Gasteiger partial charge in [0.1, 0.15) is 5.75 Å². The van der Waals surface area contributed by atoms with Crippen molar-refractivity contribution in [3.63, 3.8) is 0 Å². The van der Waals surface area contributed by atoms with Crippen LogP contribution >= 0.6 is 0 Å². The number of hydrogen-bond acceptors (Lipinski definition) is 2. The summed E-state index contributed by atoms with van der Waals surface area (Å²) in [5, 5.41) is 3.55. The predicted molar refractivity (Wildman–Crippen MR) is 90.0 cm³/mol. The van der Waals surface area contributed by atoms with Crippen LogP contribution in [0.3, 0.4) is 0 Å². The maximum absolute atomic E-state index is 5.70. The van der Waals surface area contributed by atoms with Gasteiger partial charge in [-0.15, -0.1) is 0 Å². The van der Waals surface area contributed by atoms with Crippen molar-refractivity contribution in [3.8, 4) is 5.75 Å². The molecule has 2 nitrogen and oxygen atoms in total. The van der Waals surface area contributed by atoms with Gasteiger partial charge in [-0.2, -0.15) is 0 Å². The Kier molecular flexibility index (Phi) is 6.56. The second kappa shape index (κ2) is 8.43. The summed E-state index contributed by atoms with van der Waals surface area (Å²) in [6.45, 7) is 9.77. The first-order valence-electron chi connectivity index (χ1n) is 8.68. The zero-order valence-electron chi connectivity index (χ0n) is 13.9. The summed E-state index contributed by atoms with van der Waals surface area (Å²) in [5.74, 6) is 3.34. The smallest absolute Gasteiger partial charge is 0.119 e. The SMILES string of the molecule is CCCOc1ccc(C2CC(C)CCC2CNCC)cc1. The number of rotatable bonds is 7. The van der Waals surface area contributed by atoms with E-state index in [0.29, 0.717) is 5.92 Å². The lowest BCUT2D eigenvalue weighted by Crippen LogP contribution is -2.31. The fourth-order valence-corrected chi connectivity index (χ4v) is 3.46. The van der Waals surface area contributed by atoms with Crippen molar-refractivity contribution in [2.75, 3.05) is 19.7 Å². The molecule has 1 fully saturated rings. The van der Waals surface area contributed by atoms with Gasteiger partial charge in [0.05, 0.1) is 6.61 Å². The molecule has 2 heteroatoms. The van der Waals surface area contributed by atoms with Gasteiger partial charge in [0.15, 0.2) is 0 Å². The predicted octanol–water partition coefficient (Wildman–Crippen LogP) is 4.60. The third-order valence-corrected chi connectivity index (χ3v) is 4.69. The topological polar surface area (TPSA) is 21.3 Å². The van der Waals surface area contributed by atoms with Crippen LogP contribution in [0.15, 0.2) is 24.3 Å². The highest BCUT2D eigenvalue weighted by Crippen LogP contribution is 2.40. The Hall–Kier alpha value is -1.02. The first-order valence-corrected chi connectivity index (χ1v) is 8.68. The fourth-order valence-electron chi connectivity index (χ4n) is 3.46. The van der Waals surface area contributed by atoms with Gasteiger partial charge in [-0.25, -0.2) is 0 Å². The molecule has 0 aliphatic heterocycles. The molecule has 1 N–H and O–H groups in total. The Morgan fingerprint density at radius 1 is 1.14 bits per heavy atom. The first-order chi connectivity index (χ1) is 10.2. The van der Waals surface area contributed by atoms with Crippen LogP contribution in [0.1, 0.15) is 57.9 Å². The molecular weight excluding hydrogens is 258 g/mol. The maximum Gasteiger partial charge on any atom is 0.119 e. The van der Waals surface area contributed by atoms with E-state index in [1.54, 1.807) is 0 Å². The first kappa shape index (κ1) is 16.4. The lowest BCUT2D eigenvalue weighted by molar-refractivity contribution is 0.242. The summed E-state index contributed by atoms with van der Waals surface area (Å²) in [6.07, 6.45) is 5.12. The molecule has 1 aliphatic rings. The Labute approximate surface area is 130 Å². The van der Waals surface area contributed by atoms with Gasteiger partial charge in [0, 0.05) is 0 Å². The molecule has 2 rings (SSSR count). The zero-order valence-corrected chi connectivity index (χ0v) is 13.9. The van der Waals surface area contributed by atoms with Gasteiger partial charge in [0.2, 0.25) is 0 Å². The summed E-state index contributed by atoms with van der Waals surface area (Å²) >= 11 is 0. The molecule has 1 aromatic rings. The van der Waals surface area contributed by atoms with E-state index in [2.05, 4.69) is 50.4 Å². The average Bonchev–Trinajstić information content (AvgIpc) is 2.52. The van der Waals surface area contributed by atoms with E-state index in [9.17, 15) is 0 Å². The van der Waals surface area contributed by atoms with E-state index in [1.807, 2.05) is 0 Å². The molecule has 118 valence electrons. The van der Waals surface area contributed by atoms with Crippen LogP contribution < -0.4 is 10.1 Å². The molecule has 1 aromatic carbocycles. The third-order valence-electron chi connectivity index (χ3n) is 4.69. The van der Waals surface area contributed by atoms with Gasteiger partial charge in [-0.1, -0.05) is 39.3 Å². The molecule has 3 atom stereocenters. The van der Waals surface area contributed by atoms with E-state index in [4.69, 9.17) is 4.74 Å². The van der Waals surface area contributed by atoms with E-state index < -0.39 is 0 Å². The van der Waals surface area contributed by atoms with E-state index in [1.165, 1.54) is 24.8 Å². The van der Waals surface area contributed by atoms with Crippen LogP contribution in [-0.2, 0) is 0 Å². The normalized spacial score (nSPS) is 25.8. The minimum Gasteiger partial charge on any atom is -0.494 e. The van der Waals surface area contributed by atoms with Gasteiger partial charge in [-0.05, 0) is 67.8 Å². The molecule has 0 radical (unpaired) electrons. The van der Waals surface area contributed by atoms with Gasteiger partial charge in [-0.3, -0.25) is 0 Å². The summed E-state index contributed by atoms with van der Waals surface area (Å²) in [4.78, 5) is 0. The quantitative estimate of drug-likeness (QED) is 0.791. The second-order valence-corrected chi connectivity index (χ2v) is 6.51. The van der Waals surface area contributed by atoms with E-state index in [-0.39, 0.29) is 0 Å². The van der Waals surface area contributed by atoms with Gasteiger partial charge < -0.3 is 10.1 Å². The molecule has 3 unspecified atom stereocenters. The third kappa shape index (κ3) is 4.74. The van der Waals surface area contributed by atoms with Crippen molar-refractivity contribution in [1.29, 1.82) is 0 Å². The van der Waals surface area contributed by atoms with Gasteiger partial charge >= 0.3 is 0 Å². The molecular formula is C19H31NO. The highest BCUT2D eigenvalue weighted by Gasteiger charge is 2.29. The lowest BCUT2D eigenvalue weighted by Gasteiger charge is -2.35. The van der Waals surface area contributed by atoms with E-state index in [0.717, 1.165) is 43.7 Å². The van der Waals surface area contributed by atoms with Crippen molar-refractivity contribution in [1.82, 2.24) is 5.32 Å². The van der Waals surface area contributed by atoms with E-state index >= 15 is 0 Å². The molecule has 1 aliphatic carbocycles.